The van der Waals surface area contributed by atoms with E-state index in [9.17, 15) is 22.8 Å². The number of carbonyl (C=O) groups excluding carboxylic acids is 2. The van der Waals surface area contributed by atoms with Crippen molar-refractivity contribution >= 4 is 35.2 Å². The third kappa shape index (κ3) is 5.04. The van der Waals surface area contributed by atoms with Gasteiger partial charge in [-0.3, -0.25) is 14.9 Å². The minimum Gasteiger partial charge on any atom is -0.353 e. The number of hydrogen-bond donors (Lipinski definition) is 2. The Morgan fingerprint density at radius 2 is 1.97 bits per heavy atom. The maximum atomic E-state index is 12.8. The fourth-order valence-electron chi connectivity index (χ4n) is 3.25. The lowest BCUT2D eigenvalue weighted by Crippen LogP contribution is -2.37. The molecular weight excluding hydrogens is 437 g/mol. The van der Waals surface area contributed by atoms with Gasteiger partial charge in [0.2, 0.25) is 11.9 Å². The zero-order chi connectivity index (χ0) is 22.2. The summed E-state index contributed by atoms with van der Waals surface area (Å²) in [5, 5.41) is 5.32. The van der Waals surface area contributed by atoms with Crippen LogP contribution in [-0.2, 0) is 11.0 Å². The highest BCUT2D eigenvalue weighted by Gasteiger charge is 2.33. The first kappa shape index (κ1) is 21.3. The molecule has 2 amide bonds. The molecule has 2 aromatic rings. The number of rotatable bonds is 5. The van der Waals surface area contributed by atoms with E-state index in [4.69, 9.17) is 11.6 Å². The van der Waals surface area contributed by atoms with Crippen molar-refractivity contribution in [2.24, 2.45) is 5.92 Å². The van der Waals surface area contributed by atoms with E-state index in [1.54, 1.807) is 4.90 Å². The number of nitrogens with zero attached hydrogens (tertiary/aromatic N) is 4. The number of amides is 2. The van der Waals surface area contributed by atoms with E-state index in [0.29, 0.717) is 19.5 Å². The Hall–Kier alpha value is -2.95. The first-order chi connectivity index (χ1) is 14.7. The molecule has 1 aliphatic carbocycles. The summed E-state index contributed by atoms with van der Waals surface area (Å²) in [6.45, 7) is 0.801. The van der Waals surface area contributed by atoms with E-state index in [1.165, 1.54) is 12.3 Å². The van der Waals surface area contributed by atoms with Crippen LogP contribution in [-0.4, -0.2) is 45.9 Å². The van der Waals surface area contributed by atoms with Gasteiger partial charge in [0.15, 0.2) is 0 Å². The highest BCUT2D eigenvalue weighted by atomic mass is 35.5. The van der Waals surface area contributed by atoms with Crippen molar-refractivity contribution in [3.05, 3.63) is 40.8 Å². The number of aromatic nitrogens is 3. The average Bonchev–Trinajstić information content (AvgIpc) is 3.47. The molecule has 31 heavy (non-hydrogen) atoms. The van der Waals surface area contributed by atoms with Gasteiger partial charge in [0.1, 0.15) is 11.5 Å². The van der Waals surface area contributed by atoms with Crippen molar-refractivity contribution in [2.45, 2.75) is 31.5 Å². The van der Waals surface area contributed by atoms with Gasteiger partial charge in [-0.1, -0.05) is 11.6 Å². The van der Waals surface area contributed by atoms with Gasteiger partial charge in [-0.25, -0.2) is 15.0 Å². The fraction of sp³-hybridized carbons (Fsp3) is 0.421. The Kier molecular flexibility index (Phi) is 5.69. The Morgan fingerprint density at radius 1 is 1.19 bits per heavy atom. The third-order valence-electron chi connectivity index (χ3n) is 5.04. The molecule has 2 aromatic heterocycles. The summed E-state index contributed by atoms with van der Waals surface area (Å²) in [7, 11) is 0. The molecule has 4 rings (SSSR count). The normalized spacial score (nSPS) is 18.7. The van der Waals surface area contributed by atoms with Gasteiger partial charge in [0.25, 0.3) is 5.91 Å². The Bertz CT molecular complexity index is 1010. The van der Waals surface area contributed by atoms with Crippen LogP contribution in [0.15, 0.2) is 24.5 Å². The van der Waals surface area contributed by atoms with Crippen LogP contribution in [0, 0.1) is 5.92 Å². The number of nitrogens with one attached hydrogen (secondary N) is 2. The van der Waals surface area contributed by atoms with Crippen molar-refractivity contribution in [1.82, 2.24) is 20.3 Å². The number of pyridine rings is 1. The van der Waals surface area contributed by atoms with Crippen LogP contribution >= 0.6 is 11.6 Å². The van der Waals surface area contributed by atoms with E-state index in [-0.39, 0.29) is 40.3 Å². The molecule has 1 aliphatic heterocycles. The van der Waals surface area contributed by atoms with Crippen molar-refractivity contribution in [2.75, 3.05) is 23.3 Å². The second kappa shape index (κ2) is 8.29. The Morgan fingerprint density at radius 3 is 2.65 bits per heavy atom. The van der Waals surface area contributed by atoms with Crippen molar-refractivity contribution in [3.63, 3.8) is 0 Å². The zero-order valence-electron chi connectivity index (χ0n) is 16.1. The first-order valence-electron chi connectivity index (χ1n) is 9.63. The summed E-state index contributed by atoms with van der Waals surface area (Å²) in [6, 6.07) is 2.00. The topological polar surface area (TPSA) is 100 Å². The van der Waals surface area contributed by atoms with Crippen LogP contribution in [0.3, 0.4) is 0 Å². The van der Waals surface area contributed by atoms with Gasteiger partial charge in [-0.15, -0.1) is 0 Å². The molecule has 164 valence electrons. The van der Waals surface area contributed by atoms with Gasteiger partial charge in [0.05, 0.1) is 10.6 Å². The van der Waals surface area contributed by atoms with Crippen molar-refractivity contribution < 1.29 is 22.8 Å². The molecule has 0 spiro atoms. The molecule has 2 fully saturated rings. The fourth-order valence-corrected chi connectivity index (χ4v) is 3.54. The SMILES string of the molecule is O=C(N[C@H]1CCN(c2ncc(C(F)(F)F)cc2Cl)C1)c1ccnc(NC(=O)C2CC2)n1. The number of halogens is 4. The largest absolute Gasteiger partial charge is 0.417 e. The van der Waals surface area contributed by atoms with E-state index >= 15 is 0 Å². The Labute approximate surface area is 180 Å². The molecule has 2 aliphatic rings. The third-order valence-corrected chi connectivity index (χ3v) is 5.32. The number of anilines is 2. The standard InChI is InChI=1S/C19H18ClF3N6O2/c20-13-7-11(19(21,22)23)8-25-15(13)29-6-4-12(9-29)26-17(31)14-3-5-24-18(27-14)28-16(30)10-1-2-10/h3,5,7-8,10,12H,1-2,4,6,9H2,(H,26,31)(H,24,27,28,30)/t12-/m0/s1. The molecular formula is C19H18ClF3N6O2. The van der Waals surface area contributed by atoms with E-state index in [2.05, 4.69) is 25.6 Å². The van der Waals surface area contributed by atoms with Gasteiger partial charge < -0.3 is 10.2 Å². The summed E-state index contributed by atoms with van der Waals surface area (Å²) in [5.74, 6) is -0.319. The summed E-state index contributed by atoms with van der Waals surface area (Å²) in [6.07, 6.45) is -0.168. The lowest BCUT2D eigenvalue weighted by atomic mass is 10.2. The van der Waals surface area contributed by atoms with Crippen LogP contribution in [0.1, 0.15) is 35.3 Å². The monoisotopic (exact) mass is 454 g/mol. The quantitative estimate of drug-likeness (QED) is 0.720. The summed E-state index contributed by atoms with van der Waals surface area (Å²) in [5.41, 5.74) is -0.816. The van der Waals surface area contributed by atoms with Crippen molar-refractivity contribution in [3.8, 4) is 0 Å². The van der Waals surface area contributed by atoms with E-state index < -0.39 is 17.6 Å². The molecule has 3 heterocycles. The van der Waals surface area contributed by atoms with Crippen LogP contribution in [0.5, 0.6) is 0 Å². The van der Waals surface area contributed by atoms with Crippen molar-refractivity contribution in [1.29, 1.82) is 0 Å². The van der Waals surface area contributed by atoms with Gasteiger partial charge in [-0.2, -0.15) is 13.2 Å². The summed E-state index contributed by atoms with van der Waals surface area (Å²) in [4.78, 5) is 38.0. The second-order valence-electron chi connectivity index (χ2n) is 7.46. The predicted octanol–water partition coefficient (Wildman–Crippen LogP) is 2.90. The van der Waals surface area contributed by atoms with Crippen LogP contribution in [0.25, 0.3) is 0 Å². The van der Waals surface area contributed by atoms with Crippen LogP contribution in [0.4, 0.5) is 24.9 Å². The molecule has 1 saturated heterocycles. The molecule has 2 N–H and O–H groups in total. The Balaban J connectivity index is 1.37. The summed E-state index contributed by atoms with van der Waals surface area (Å²) < 4.78 is 38.4. The number of alkyl halides is 3. The highest BCUT2D eigenvalue weighted by Crippen LogP contribution is 2.34. The molecule has 8 nitrogen and oxygen atoms in total. The minimum absolute atomic E-state index is 0.0174. The molecule has 0 bridgehead atoms. The second-order valence-corrected chi connectivity index (χ2v) is 7.87. The summed E-state index contributed by atoms with van der Waals surface area (Å²) >= 11 is 6.01. The molecule has 1 atom stereocenters. The number of carbonyl (C=O) groups is 2. The van der Waals surface area contributed by atoms with E-state index in [0.717, 1.165) is 25.1 Å². The smallest absolute Gasteiger partial charge is 0.353 e. The molecule has 0 radical (unpaired) electrons. The van der Waals surface area contributed by atoms with Gasteiger partial charge in [0, 0.05) is 37.4 Å². The lowest BCUT2D eigenvalue weighted by Gasteiger charge is -2.20. The first-order valence-corrected chi connectivity index (χ1v) is 10.0. The van der Waals surface area contributed by atoms with Gasteiger partial charge in [-0.05, 0) is 31.4 Å². The molecule has 0 unspecified atom stereocenters. The predicted molar refractivity (Wildman–Crippen MR) is 106 cm³/mol. The zero-order valence-corrected chi connectivity index (χ0v) is 16.9. The lowest BCUT2D eigenvalue weighted by molar-refractivity contribution is -0.137. The number of hydrogen-bond acceptors (Lipinski definition) is 6. The average molecular weight is 455 g/mol. The molecule has 12 heteroatoms. The maximum Gasteiger partial charge on any atom is 0.417 e. The maximum absolute atomic E-state index is 12.8. The van der Waals surface area contributed by atoms with Crippen LogP contribution in [0.2, 0.25) is 5.02 Å². The highest BCUT2D eigenvalue weighted by molar-refractivity contribution is 6.33. The minimum atomic E-state index is -4.52. The van der Waals surface area contributed by atoms with Gasteiger partial charge >= 0.3 is 6.18 Å². The van der Waals surface area contributed by atoms with Crippen LogP contribution < -0.4 is 15.5 Å². The molecule has 1 saturated carbocycles. The molecule has 0 aromatic carbocycles. The van der Waals surface area contributed by atoms with E-state index in [1.807, 2.05) is 0 Å².